The molecule has 6 aromatic rings. The summed E-state index contributed by atoms with van der Waals surface area (Å²) in [6, 6.07) is 16.0. The Morgan fingerprint density at radius 1 is 0.762 bits per heavy atom. The lowest BCUT2D eigenvalue weighted by Crippen LogP contribution is -2.39. The number of oxazole rings is 2. The number of amides is 1. The molecule has 2 fully saturated rings. The number of ether oxygens (including phenoxy) is 5. The summed E-state index contributed by atoms with van der Waals surface area (Å²) < 4.78 is 138. The quantitative estimate of drug-likeness (QED) is 0.0251. The first-order valence-corrected chi connectivity index (χ1v) is 24.5. The zero-order valence-electron chi connectivity index (χ0n) is 42.1. The van der Waals surface area contributed by atoms with E-state index >= 15 is 4.39 Å². The molecule has 6 heterocycles. The number of carbonyl (C=O) groups is 5. The van der Waals surface area contributed by atoms with Gasteiger partial charge in [0, 0.05) is 48.0 Å². The predicted octanol–water partition coefficient (Wildman–Crippen LogP) is 7.59. The second kappa shape index (κ2) is 26.1. The number of halogens is 8. The molecule has 1 amide bonds. The molecule has 1 unspecified atom stereocenters. The van der Waals surface area contributed by atoms with Crippen LogP contribution in [0.25, 0.3) is 22.2 Å². The normalized spacial score (nSPS) is 16.6. The predicted molar refractivity (Wildman–Crippen MR) is 265 cm³/mol. The summed E-state index contributed by atoms with van der Waals surface area (Å²) in [5, 5.41) is 0. The molecular weight excluding hydrogens is 1080 g/mol. The fraction of sp³-hybridized carbons (Fsp3) is 0.358. The van der Waals surface area contributed by atoms with E-state index in [-0.39, 0.29) is 75.8 Å². The number of carbonyl (C=O) groups excluding carboxylic acids is 5. The first-order chi connectivity index (χ1) is 38.1. The van der Waals surface area contributed by atoms with Crippen molar-refractivity contribution in [3.05, 3.63) is 139 Å². The van der Waals surface area contributed by atoms with Gasteiger partial charge in [0.2, 0.25) is 5.78 Å². The molecule has 0 spiro atoms. The van der Waals surface area contributed by atoms with Gasteiger partial charge < -0.3 is 43.2 Å². The summed E-state index contributed by atoms with van der Waals surface area (Å²) in [7, 11) is 0. The maximum Gasteiger partial charge on any atom is 0.417 e. The number of hydrogen-bond acceptors (Lipinski definition) is 16. The number of aliphatic imine (C=N–C) groups is 1. The molecule has 19 nitrogen and oxygen atoms in total. The third-order valence-corrected chi connectivity index (χ3v) is 12.2. The summed E-state index contributed by atoms with van der Waals surface area (Å²) in [5.41, 5.74) is 5.73. The Kier molecular flexibility index (Phi) is 19.4. The number of fused-ring (bicyclic) bond motifs is 2. The molecule has 1 atom stereocenters. The summed E-state index contributed by atoms with van der Waals surface area (Å²) >= 11 is 0. The smallest absolute Gasteiger partial charge is 0.417 e. The number of para-hydroxylation sites is 2. The number of esters is 1. The fourth-order valence-corrected chi connectivity index (χ4v) is 8.65. The Morgan fingerprint density at radius 2 is 1.31 bits per heavy atom. The van der Waals surface area contributed by atoms with Gasteiger partial charge in [0.25, 0.3) is 5.91 Å². The second-order valence-electron chi connectivity index (χ2n) is 17.8. The second-order valence-corrected chi connectivity index (χ2v) is 17.8. The van der Waals surface area contributed by atoms with Gasteiger partial charge in [0.05, 0.1) is 86.5 Å². The van der Waals surface area contributed by atoms with Crippen LogP contribution in [0.2, 0.25) is 0 Å². The van der Waals surface area contributed by atoms with Crippen molar-refractivity contribution in [1.82, 2.24) is 14.9 Å². The standard InChI is InChI=1S/C26H21F4N3O5.C13H11NO6.C12H13FO3.C2H4F3N/c27-18-5-4-14(37-13-6-8-36-9-7-13)10-16(18)22-20-17(24(34)33(22)12-26(28,29)30)11-31-21(20)15-2-1-3-19-23(15)38-25(35)32-19;1-2-19-12(17)10(16)6-9(15)7-4-3-5-8-11(7)20-13(18)14-8;13-12-2-1-11(7-9(12)8-14)16-10-3-5-15-6-4-10;3-2(4,5)1-6/h1-5,10,13,22H,6-9,11-12H2,(H,32,35);3-5H,2,6H2,1H3,(H,14,18);1-2,7-8,10H,3-6H2;1,6H2. The van der Waals surface area contributed by atoms with Gasteiger partial charge in [-0.25, -0.2) is 23.2 Å². The lowest BCUT2D eigenvalue weighted by atomic mass is 9.91. The molecule has 4 aliphatic heterocycles. The molecule has 0 radical (unpaired) electrons. The van der Waals surface area contributed by atoms with E-state index in [1.54, 1.807) is 31.2 Å². The molecule has 0 aliphatic carbocycles. The van der Waals surface area contributed by atoms with Gasteiger partial charge >= 0.3 is 29.8 Å². The van der Waals surface area contributed by atoms with Crippen LogP contribution in [0, 0.1) is 11.6 Å². The highest BCUT2D eigenvalue weighted by Gasteiger charge is 2.49. The van der Waals surface area contributed by atoms with Gasteiger partial charge in [-0.15, -0.1) is 0 Å². The van der Waals surface area contributed by atoms with E-state index in [0.717, 1.165) is 18.9 Å². The van der Waals surface area contributed by atoms with E-state index in [1.807, 2.05) is 0 Å². The summed E-state index contributed by atoms with van der Waals surface area (Å²) in [6.07, 6.45) is -6.25. The highest BCUT2D eigenvalue weighted by Crippen LogP contribution is 2.46. The number of aromatic amines is 2. The first-order valence-electron chi connectivity index (χ1n) is 24.5. The number of Topliss-reactive ketones (excluding diaryl/α,β-unsaturated/α-hetero) is 2. The van der Waals surface area contributed by atoms with Crippen LogP contribution in [0.15, 0.2) is 107 Å². The third kappa shape index (κ3) is 15.1. The lowest BCUT2D eigenvalue weighted by molar-refractivity contribution is -0.160. The number of aldehydes is 1. The van der Waals surface area contributed by atoms with Gasteiger partial charge in [-0.3, -0.25) is 34.1 Å². The van der Waals surface area contributed by atoms with Crippen LogP contribution in [0.4, 0.5) is 35.1 Å². The molecule has 0 bridgehead atoms. The number of hydrogen-bond donors (Lipinski definition) is 3. The molecule has 4 N–H and O–H groups in total. The maximum absolute atomic E-state index is 15.4. The highest BCUT2D eigenvalue weighted by atomic mass is 19.4. The number of alkyl halides is 6. The first kappa shape index (κ1) is 59.4. The number of benzene rings is 4. The van der Waals surface area contributed by atoms with Crippen molar-refractivity contribution in [3.8, 4) is 11.5 Å². The van der Waals surface area contributed by atoms with Crippen molar-refractivity contribution in [2.24, 2.45) is 10.7 Å². The van der Waals surface area contributed by atoms with E-state index in [1.165, 1.54) is 42.5 Å². The molecular formula is C53H49F8N5O14. The van der Waals surface area contributed by atoms with Crippen molar-refractivity contribution in [1.29, 1.82) is 0 Å². The average Bonchev–Trinajstić information content (AvgIpc) is 4.41. The number of nitrogens with two attached hydrogens (primary N) is 1. The third-order valence-electron chi connectivity index (χ3n) is 12.2. The van der Waals surface area contributed by atoms with Gasteiger partial charge in [-0.1, -0.05) is 12.1 Å². The largest absolute Gasteiger partial charge is 0.490 e. The van der Waals surface area contributed by atoms with Crippen molar-refractivity contribution in [2.75, 3.05) is 52.7 Å². The lowest BCUT2D eigenvalue weighted by Gasteiger charge is -2.30. The van der Waals surface area contributed by atoms with Crippen LogP contribution in [-0.2, 0) is 28.6 Å². The average molecular weight is 1130 g/mol. The molecule has 4 aromatic carbocycles. The summed E-state index contributed by atoms with van der Waals surface area (Å²) in [5.74, 6) is -5.40. The Hall–Kier alpha value is -8.30. The molecule has 2 aromatic heterocycles. The maximum atomic E-state index is 15.4. The number of rotatable bonds is 13. The number of H-pyrrole nitrogens is 2. The topological polar surface area (TPSA) is 265 Å². The molecule has 2 saturated heterocycles. The summed E-state index contributed by atoms with van der Waals surface area (Å²) in [4.78, 5) is 91.3. The van der Waals surface area contributed by atoms with Crippen molar-refractivity contribution < 1.29 is 91.6 Å². The molecule has 80 heavy (non-hydrogen) atoms. The highest BCUT2D eigenvalue weighted by molar-refractivity contribution is 6.38. The molecule has 4 aliphatic rings. The van der Waals surface area contributed by atoms with E-state index in [9.17, 15) is 64.3 Å². The monoisotopic (exact) mass is 1130 g/mol. The van der Waals surface area contributed by atoms with Crippen LogP contribution < -0.4 is 26.7 Å². The minimum Gasteiger partial charge on any atom is -0.490 e. The Bertz CT molecular complexity index is 3420. The number of aromatic nitrogens is 2. The van der Waals surface area contributed by atoms with Gasteiger partial charge in [-0.2, -0.15) is 26.3 Å². The van der Waals surface area contributed by atoms with Gasteiger partial charge in [0.15, 0.2) is 23.2 Å². The number of nitrogens with one attached hydrogen (secondary N) is 2. The number of nitrogens with zero attached hydrogens (tertiary/aromatic N) is 2. The SMILES string of the molecule is CCOC(=O)C(=O)CC(=O)c1cccc2[nH]c(=O)oc12.NCC(F)(F)F.O=C1C2=C(C(c3cccc4[nH]c(=O)oc34)=NC2)C(c2cc(OC3CCOCC3)ccc2F)N1CC(F)(F)F.O=Cc1cc(OC2CCOCC2)ccc1F. The zero-order valence-corrected chi connectivity index (χ0v) is 42.1. The fourth-order valence-electron chi connectivity index (χ4n) is 8.65. The molecule has 426 valence electrons. The number of ketones is 2. The van der Waals surface area contributed by atoms with Crippen LogP contribution in [0.3, 0.4) is 0 Å². The Balaban J connectivity index is 0.000000184. The van der Waals surface area contributed by atoms with Crippen molar-refractivity contribution in [2.45, 2.75) is 69.6 Å². The molecule has 10 rings (SSSR count). The molecule has 27 heteroatoms. The van der Waals surface area contributed by atoms with E-state index < -0.39 is 84.5 Å². The minimum absolute atomic E-state index is 0.0320. The molecule has 0 saturated carbocycles. The van der Waals surface area contributed by atoms with Crippen LogP contribution in [-0.4, -0.2) is 128 Å². The van der Waals surface area contributed by atoms with E-state index in [4.69, 9.17) is 27.8 Å². The minimum atomic E-state index is -4.73. The van der Waals surface area contributed by atoms with Crippen LogP contribution >= 0.6 is 0 Å². The Labute approximate surface area is 446 Å². The van der Waals surface area contributed by atoms with E-state index in [2.05, 4.69) is 25.4 Å². The van der Waals surface area contributed by atoms with Crippen molar-refractivity contribution in [3.63, 3.8) is 0 Å². The van der Waals surface area contributed by atoms with Crippen LogP contribution in [0.5, 0.6) is 11.5 Å². The Morgan fingerprint density at radius 3 is 1.88 bits per heavy atom. The zero-order chi connectivity index (χ0) is 57.9. The van der Waals surface area contributed by atoms with Crippen LogP contribution in [0.1, 0.15) is 76.9 Å². The van der Waals surface area contributed by atoms with Crippen molar-refractivity contribution >= 4 is 57.6 Å². The van der Waals surface area contributed by atoms with E-state index in [0.29, 0.717) is 72.8 Å². The summed E-state index contributed by atoms with van der Waals surface area (Å²) in [6.45, 7) is 1.01. The van der Waals surface area contributed by atoms with Gasteiger partial charge in [-0.05, 0) is 67.6 Å². The van der Waals surface area contributed by atoms with Gasteiger partial charge in [0.1, 0.15) is 41.9 Å².